The molecule has 3 amide bonds. The summed E-state index contributed by atoms with van der Waals surface area (Å²) >= 11 is 3.99. The van der Waals surface area contributed by atoms with Gasteiger partial charge < -0.3 is 27.0 Å². The molecule has 1 aliphatic heterocycles. The minimum atomic E-state index is -0.821. The van der Waals surface area contributed by atoms with Crippen molar-refractivity contribution < 1.29 is 19.2 Å². The summed E-state index contributed by atoms with van der Waals surface area (Å²) in [4.78, 5) is 56.0. The van der Waals surface area contributed by atoms with E-state index in [2.05, 4.69) is 28.3 Å². The zero-order valence-corrected chi connectivity index (χ0v) is 20.3. The molecular formula is C23H34N6O4S. The first-order valence-corrected chi connectivity index (χ1v) is 12.0. The zero-order valence-electron chi connectivity index (χ0n) is 19.4. The Morgan fingerprint density at radius 3 is 2.47 bits per heavy atom. The second-order valence-corrected chi connectivity index (χ2v) is 8.59. The molecular weight excluding hydrogens is 456 g/mol. The molecule has 186 valence electrons. The molecule has 2 rings (SSSR count). The summed E-state index contributed by atoms with van der Waals surface area (Å²) in [5.41, 5.74) is 11.5. The van der Waals surface area contributed by atoms with Crippen LogP contribution < -0.4 is 22.1 Å². The number of ketones is 1. The van der Waals surface area contributed by atoms with Gasteiger partial charge in [-0.15, -0.1) is 0 Å². The van der Waals surface area contributed by atoms with Gasteiger partial charge in [0.15, 0.2) is 11.7 Å². The molecule has 1 aromatic carbocycles. The highest BCUT2D eigenvalue weighted by Crippen LogP contribution is 2.20. The first-order chi connectivity index (χ1) is 16.2. The van der Waals surface area contributed by atoms with Gasteiger partial charge >= 0.3 is 0 Å². The highest BCUT2D eigenvalue weighted by atomic mass is 32.1. The lowest BCUT2D eigenvalue weighted by Gasteiger charge is -2.29. The van der Waals surface area contributed by atoms with Gasteiger partial charge in [0.25, 0.3) is 0 Å². The van der Waals surface area contributed by atoms with Crippen LogP contribution >= 0.6 is 12.6 Å². The fourth-order valence-electron chi connectivity index (χ4n) is 3.94. The van der Waals surface area contributed by atoms with Crippen LogP contribution in [0.2, 0.25) is 0 Å². The lowest BCUT2D eigenvalue weighted by Crippen LogP contribution is -2.55. The molecule has 0 aromatic heterocycles. The Morgan fingerprint density at radius 1 is 1.15 bits per heavy atom. The third kappa shape index (κ3) is 8.36. The number of rotatable bonds is 12. The number of aliphatic imine (C=N–C) groups is 1. The van der Waals surface area contributed by atoms with Crippen molar-refractivity contribution in [3.05, 3.63) is 35.9 Å². The van der Waals surface area contributed by atoms with E-state index in [-0.39, 0.29) is 35.2 Å². The molecule has 0 bridgehead atoms. The van der Waals surface area contributed by atoms with Crippen LogP contribution in [0.3, 0.4) is 0 Å². The number of hydrogen-bond donors (Lipinski definition) is 5. The van der Waals surface area contributed by atoms with Crippen molar-refractivity contribution >= 4 is 42.1 Å². The molecule has 6 N–H and O–H groups in total. The summed E-state index contributed by atoms with van der Waals surface area (Å²) in [5, 5.41) is 5.51. The molecule has 0 saturated carbocycles. The highest BCUT2D eigenvalue weighted by Gasteiger charge is 2.38. The lowest BCUT2D eigenvalue weighted by molar-refractivity contribution is -0.141. The Balaban J connectivity index is 2.09. The summed E-state index contributed by atoms with van der Waals surface area (Å²) < 4.78 is 0. The van der Waals surface area contributed by atoms with Crippen molar-refractivity contribution in [2.45, 2.75) is 57.2 Å². The van der Waals surface area contributed by atoms with Gasteiger partial charge in [-0.2, -0.15) is 12.6 Å². The fraction of sp³-hybridized carbons (Fsp3) is 0.522. The van der Waals surface area contributed by atoms with Crippen molar-refractivity contribution in [1.29, 1.82) is 0 Å². The van der Waals surface area contributed by atoms with Crippen molar-refractivity contribution in [2.24, 2.45) is 16.5 Å². The van der Waals surface area contributed by atoms with E-state index in [1.165, 1.54) is 11.8 Å². The number of amides is 3. The molecule has 3 atom stereocenters. The number of guanidine groups is 1. The Bertz CT molecular complexity index is 891. The smallest absolute Gasteiger partial charge is 0.246 e. The third-order valence-electron chi connectivity index (χ3n) is 5.65. The van der Waals surface area contributed by atoms with E-state index in [1.807, 2.05) is 30.3 Å². The summed E-state index contributed by atoms with van der Waals surface area (Å²) in [6.07, 6.45) is 2.33. The quantitative estimate of drug-likeness (QED) is 0.118. The van der Waals surface area contributed by atoms with Crippen LogP contribution in [-0.4, -0.2) is 71.3 Å². The molecule has 0 unspecified atom stereocenters. The summed E-state index contributed by atoms with van der Waals surface area (Å²) in [6.45, 7) is 2.15. The van der Waals surface area contributed by atoms with E-state index in [1.54, 1.807) is 0 Å². The Morgan fingerprint density at radius 2 is 1.85 bits per heavy atom. The monoisotopic (exact) mass is 490 g/mol. The number of nitrogens with two attached hydrogens (primary N) is 2. The van der Waals surface area contributed by atoms with Gasteiger partial charge in [-0.25, -0.2) is 0 Å². The maximum Gasteiger partial charge on any atom is 0.246 e. The third-order valence-corrected chi connectivity index (χ3v) is 5.94. The molecule has 1 saturated heterocycles. The topological polar surface area (TPSA) is 160 Å². The second-order valence-electron chi connectivity index (χ2n) is 8.28. The minimum absolute atomic E-state index is 0.0291. The molecule has 34 heavy (non-hydrogen) atoms. The molecule has 0 aliphatic carbocycles. The van der Waals surface area contributed by atoms with Crippen molar-refractivity contribution in [1.82, 2.24) is 15.5 Å². The van der Waals surface area contributed by atoms with Gasteiger partial charge in [0, 0.05) is 19.5 Å². The van der Waals surface area contributed by atoms with Crippen molar-refractivity contribution in [3.63, 3.8) is 0 Å². The van der Waals surface area contributed by atoms with E-state index in [4.69, 9.17) is 11.5 Å². The summed E-state index contributed by atoms with van der Waals surface area (Å²) in [7, 11) is 0. The fourth-order valence-corrected chi connectivity index (χ4v) is 4.03. The maximum atomic E-state index is 13.4. The molecule has 0 radical (unpaired) electrons. The number of hydrogen-bond acceptors (Lipinski definition) is 6. The first kappa shape index (κ1) is 27.2. The van der Waals surface area contributed by atoms with Gasteiger partial charge in [-0.1, -0.05) is 30.3 Å². The number of carbonyl (C=O) groups is 4. The average Bonchev–Trinajstić information content (AvgIpc) is 3.30. The number of thiol groups is 1. The Kier molecular flexibility index (Phi) is 10.9. The van der Waals surface area contributed by atoms with Crippen LogP contribution in [0.5, 0.6) is 0 Å². The Hall–Kier alpha value is -3.08. The van der Waals surface area contributed by atoms with Gasteiger partial charge in [0.2, 0.25) is 17.7 Å². The molecule has 1 aromatic rings. The number of nitrogens with one attached hydrogen (secondary N) is 2. The number of carbonyl (C=O) groups excluding carboxylic acids is 4. The van der Waals surface area contributed by atoms with Crippen LogP contribution in [0.15, 0.2) is 35.3 Å². The SMILES string of the molecule is CC(=O)[C@H](CCCN=C(N)N)NC(=O)[C@@H]1CCCN1C(=O)[C@@H](Cc1ccccc1)NC(=O)CS. The minimum Gasteiger partial charge on any atom is -0.370 e. The number of nitrogens with zero attached hydrogens (tertiary/aromatic N) is 2. The van der Waals surface area contributed by atoms with Gasteiger partial charge in [-0.3, -0.25) is 24.2 Å². The van der Waals surface area contributed by atoms with E-state index >= 15 is 0 Å². The van der Waals surface area contributed by atoms with Crippen LogP contribution in [0.4, 0.5) is 0 Å². The van der Waals surface area contributed by atoms with E-state index < -0.39 is 18.1 Å². The van der Waals surface area contributed by atoms with Crippen LogP contribution in [-0.2, 0) is 25.6 Å². The number of likely N-dealkylation sites (tertiary alicyclic amines) is 1. The molecule has 1 heterocycles. The van der Waals surface area contributed by atoms with E-state index in [0.717, 1.165) is 5.56 Å². The molecule has 1 aliphatic rings. The van der Waals surface area contributed by atoms with Crippen LogP contribution in [0.25, 0.3) is 0 Å². The number of benzene rings is 1. The summed E-state index contributed by atoms with van der Waals surface area (Å²) in [6, 6.07) is 7.12. The van der Waals surface area contributed by atoms with E-state index in [9.17, 15) is 19.2 Å². The van der Waals surface area contributed by atoms with Crippen molar-refractivity contribution in [3.8, 4) is 0 Å². The average molecular weight is 491 g/mol. The molecule has 10 nitrogen and oxygen atoms in total. The van der Waals surface area contributed by atoms with Crippen LogP contribution in [0, 0.1) is 0 Å². The van der Waals surface area contributed by atoms with Crippen molar-refractivity contribution in [2.75, 3.05) is 18.8 Å². The predicted octanol–water partition coefficient (Wildman–Crippen LogP) is -0.238. The molecule has 1 fully saturated rings. The molecule has 0 spiro atoms. The second kappa shape index (κ2) is 13.6. The Labute approximate surface area is 205 Å². The predicted molar refractivity (Wildman–Crippen MR) is 133 cm³/mol. The van der Waals surface area contributed by atoms with E-state index in [0.29, 0.717) is 45.2 Å². The first-order valence-electron chi connectivity index (χ1n) is 11.3. The maximum absolute atomic E-state index is 13.4. The van der Waals surface area contributed by atoms with Gasteiger partial charge in [0.05, 0.1) is 11.8 Å². The van der Waals surface area contributed by atoms with Gasteiger partial charge in [-0.05, 0) is 38.2 Å². The number of Topliss-reactive ketones (excluding diaryl/α,β-unsaturated/α-hetero) is 1. The largest absolute Gasteiger partial charge is 0.370 e. The standard InChI is InChI=1S/C23H34N6O4S/c1-15(30)17(9-5-11-26-23(24)25)28-21(32)19-10-6-12-29(19)22(33)18(27-20(31)14-34)13-16-7-3-2-4-8-16/h2-4,7-8,17-19,34H,5-6,9-14H2,1H3,(H,27,31)(H,28,32)(H4,24,25,26)/t17-,18+,19-/m0/s1. The van der Waals surface area contributed by atoms with Gasteiger partial charge in [0.1, 0.15) is 12.1 Å². The normalized spacial score (nSPS) is 16.9. The highest BCUT2D eigenvalue weighted by molar-refractivity contribution is 7.81. The lowest BCUT2D eigenvalue weighted by atomic mass is 10.0. The summed E-state index contributed by atoms with van der Waals surface area (Å²) in [5.74, 6) is -1.34. The van der Waals surface area contributed by atoms with Crippen LogP contribution in [0.1, 0.15) is 38.2 Å². The molecule has 11 heteroatoms. The zero-order chi connectivity index (χ0) is 25.1.